The molecule has 1 aromatic carbocycles. The van der Waals surface area contributed by atoms with Gasteiger partial charge in [0, 0.05) is 6.54 Å². The van der Waals surface area contributed by atoms with Gasteiger partial charge in [0.25, 0.3) is 0 Å². The Morgan fingerprint density at radius 1 is 1.40 bits per heavy atom. The molecule has 0 amide bonds. The summed E-state index contributed by atoms with van der Waals surface area (Å²) in [7, 11) is 0. The van der Waals surface area contributed by atoms with Crippen LogP contribution in [0.25, 0.3) is 0 Å². The highest BCUT2D eigenvalue weighted by Crippen LogP contribution is 2.28. The smallest absolute Gasteiger partial charge is 0.165 e. The van der Waals surface area contributed by atoms with Gasteiger partial charge in [-0.3, -0.25) is 4.68 Å². The van der Waals surface area contributed by atoms with E-state index in [0.717, 1.165) is 6.54 Å². The topological polar surface area (TPSA) is 27.1 Å². The highest BCUT2D eigenvalue weighted by atomic mass is 35.5. The predicted octanol–water partition coefficient (Wildman–Crippen LogP) is 3.35. The number of aromatic nitrogens is 2. The van der Waals surface area contributed by atoms with E-state index in [-0.39, 0.29) is 0 Å². The van der Waals surface area contributed by atoms with Gasteiger partial charge in [-0.05, 0) is 19.1 Å². The van der Waals surface area contributed by atoms with E-state index in [0.29, 0.717) is 16.5 Å². The summed E-state index contributed by atoms with van der Waals surface area (Å²) in [6.45, 7) is 2.85. The van der Waals surface area contributed by atoms with Gasteiger partial charge in [0.15, 0.2) is 5.75 Å². The van der Waals surface area contributed by atoms with Gasteiger partial charge in [-0.1, -0.05) is 23.7 Å². The number of nitrogens with zero attached hydrogens (tertiary/aromatic N) is 2. The third-order valence-corrected chi connectivity index (χ3v) is 2.31. The van der Waals surface area contributed by atoms with Gasteiger partial charge in [0.1, 0.15) is 5.75 Å². The minimum Gasteiger partial charge on any atom is -0.452 e. The molecule has 0 saturated carbocycles. The lowest BCUT2D eigenvalue weighted by molar-refractivity contribution is 0.481. The predicted molar refractivity (Wildman–Crippen MR) is 59.4 cm³/mol. The highest BCUT2D eigenvalue weighted by Gasteiger charge is 2.03. The molecule has 0 saturated heterocycles. The van der Waals surface area contributed by atoms with Crippen molar-refractivity contribution in [3.63, 3.8) is 0 Å². The van der Waals surface area contributed by atoms with E-state index >= 15 is 0 Å². The van der Waals surface area contributed by atoms with Crippen molar-refractivity contribution < 1.29 is 4.74 Å². The van der Waals surface area contributed by atoms with Gasteiger partial charge < -0.3 is 4.74 Å². The molecule has 1 aromatic heterocycles. The number of ether oxygens (including phenoxy) is 1. The van der Waals surface area contributed by atoms with Gasteiger partial charge in [-0.2, -0.15) is 5.10 Å². The van der Waals surface area contributed by atoms with E-state index in [1.807, 2.05) is 31.3 Å². The van der Waals surface area contributed by atoms with Gasteiger partial charge in [0.2, 0.25) is 0 Å². The summed E-state index contributed by atoms with van der Waals surface area (Å²) in [5, 5.41) is 4.71. The van der Waals surface area contributed by atoms with Crippen LogP contribution >= 0.6 is 11.6 Å². The average Bonchev–Trinajstić information content (AvgIpc) is 2.69. The Labute approximate surface area is 93.2 Å². The van der Waals surface area contributed by atoms with E-state index < -0.39 is 0 Å². The van der Waals surface area contributed by atoms with Crippen molar-refractivity contribution in [3.8, 4) is 11.5 Å². The molecule has 0 N–H and O–H groups in total. The summed E-state index contributed by atoms with van der Waals surface area (Å²) >= 11 is 5.96. The summed E-state index contributed by atoms with van der Waals surface area (Å²) in [5.74, 6) is 1.35. The number of halogens is 1. The third-order valence-electron chi connectivity index (χ3n) is 2.00. The maximum Gasteiger partial charge on any atom is 0.165 e. The SMILES string of the molecule is CCn1cc(Oc2ccccc2Cl)cn1. The molecule has 4 heteroatoms. The van der Waals surface area contributed by atoms with E-state index in [1.165, 1.54) is 0 Å². The molecule has 3 nitrogen and oxygen atoms in total. The lowest BCUT2D eigenvalue weighted by atomic mass is 10.3. The summed E-state index contributed by atoms with van der Waals surface area (Å²) in [5.41, 5.74) is 0. The molecule has 0 aliphatic heterocycles. The average molecular weight is 223 g/mol. The van der Waals surface area contributed by atoms with Crippen molar-refractivity contribution in [1.82, 2.24) is 9.78 Å². The minimum absolute atomic E-state index is 0.599. The van der Waals surface area contributed by atoms with Crippen molar-refractivity contribution in [2.24, 2.45) is 0 Å². The Morgan fingerprint density at radius 3 is 2.87 bits per heavy atom. The van der Waals surface area contributed by atoms with Gasteiger partial charge in [0.05, 0.1) is 17.4 Å². The van der Waals surface area contributed by atoms with Gasteiger partial charge in [-0.25, -0.2) is 0 Å². The van der Waals surface area contributed by atoms with Crippen LogP contribution in [0.5, 0.6) is 11.5 Å². The Kier molecular flexibility index (Phi) is 2.92. The van der Waals surface area contributed by atoms with Crippen molar-refractivity contribution >= 4 is 11.6 Å². The van der Waals surface area contributed by atoms with Gasteiger partial charge >= 0.3 is 0 Å². The lowest BCUT2D eigenvalue weighted by Crippen LogP contribution is -1.92. The number of para-hydroxylation sites is 1. The van der Waals surface area contributed by atoms with Crippen molar-refractivity contribution in [3.05, 3.63) is 41.7 Å². The molecule has 0 radical (unpaired) electrons. The first-order chi connectivity index (χ1) is 7.29. The summed E-state index contributed by atoms with van der Waals surface area (Å²) in [6.07, 6.45) is 3.51. The normalized spacial score (nSPS) is 10.3. The van der Waals surface area contributed by atoms with Crippen LogP contribution in [-0.2, 0) is 6.54 Å². The summed E-state index contributed by atoms with van der Waals surface area (Å²) in [4.78, 5) is 0. The monoisotopic (exact) mass is 222 g/mol. The van der Waals surface area contributed by atoms with Crippen LogP contribution in [0.1, 0.15) is 6.92 Å². The first-order valence-electron chi connectivity index (χ1n) is 4.74. The van der Waals surface area contributed by atoms with Crippen LogP contribution in [0, 0.1) is 0 Å². The van der Waals surface area contributed by atoms with E-state index in [4.69, 9.17) is 16.3 Å². The number of hydrogen-bond donors (Lipinski definition) is 0. The zero-order valence-electron chi connectivity index (χ0n) is 8.35. The molecule has 2 rings (SSSR count). The number of benzene rings is 1. The number of hydrogen-bond acceptors (Lipinski definition) is 2. The van der Waals surface area contributed by atoms with Crippen LogP contribution in [0.4, 0.5) is 0 Å². The molecule has 0 bridgehead atoms. The van der Waals surface area contributed by atoms with Crippen LogP contribution < -0.4 is 4.74 Å². The molecular formula is C11H11ClN2O. The molecule has 0 atom stereocenters. The molecule has 0 fully saturated rings. The Bertz CT molecular complexity index is 453. The fourth-order valence-corrected chi connectivity index (χ4v) is 1.40. The molecule has 2 aromatic rings. The summed E-state index contributed by atoms with van der Waals surface area (Å²) in [6, 6.07) is 7.36. The van der Waals surface area contributed by atoms with Crippen LogP contribution in [0.3, 0.4) is 0 Å². The van der Waals surface area contributed by atoms with Crippen molar-refractivity contribution in [2.45, 2.75) is 13.5 Å². The Balaban J connectivity index is 2.18. The van der Waals surface area contributed by atoms with Crippen LogP contribution in [0.2, 0.25) is 5.02 Å². The number of aryl methyl sites for hydroxylation is 1. The van der Waals surface area contributed by atoms with Crippen molar-refractivity contribution in [1.29, 1.82) is 0 Å². The van der Waals surface area contributed by atoms with Crippen LogP contribution in [-0.4, -0.2) is 9.78 Å². The van der Waals surface area contributed by atoms with E-state index in [1.54, 1.807) is 16.9 Å². The molecule has 0 unspecified atom stereocenters. The van der Waals surface area contributed by atoms with Crippen molar-refractivity contribution in [2.75, 3.05) is 0 Å². The molecule has 78 valence electrons. The summed E-state index contributed by atoms with van der Waals surface area (Å²) < 4.78 is 7.37. The quantitative estimate of drug-likeness (QED) is 0.797. The molecule has 0 spiro atoms. The second-order valence-corrected chi connectivity index (χ2v) is 3.47. The fraction of sp³-hybridized carbons (Fsp3) is 0.182. The fourth-order valence-electron chi connectivity index (χ4n) is 1.22. The minimum atomic E-state index is 0.599. The van der Waals surface area contributed by atoms with Gasteiger partial charge in [-0.15, -0.1) is 0 Å². The van der Waals surface area contributed by atoms with Crippen LogP contribution in [0.15, 0.2) is 36.7 Å². The molecule has 1 heterocycles. The Morgan fingerprint density at radius 2 is 2.20 bits per heavy atom. The Hall–Kier alpha value is -1.48. The second kappa shape index (κ2) is 4.36. The zero-order chi connectivity index (χ0) is 10.7. The standard InChI is InChI=1S/C11H11ClN2O/c1-2-14-8-9(7-13-14)15-11-6-4-3-5-10(11)12/h3-8H,2H2,1H3. The van der Waals surface area contributed by atoms with E-state index in [2.05, 4.69) is 5.10 Å². The molecule has 15 heavy (non-hydrogen) atoms. The van der Waals surface area contributed by atoms with E-state index in [9.17, 15) is 0 Å². The zero-order valence-corrected chi connectivity index (χ0v) is 9.11. The molecule has 0 aliphatic rings. The highest BCUT2D eigenvalue weighted by molar-refractivity contribution is 6.32. The third kappa shape index (κ3) is 2.30. The first kappa shape index (κ1) is 10.1. The molecular weight excluding hydrogens is 212 g/mol. The largest absolute Gasteiger partial charge is 0.452 e. The molecule has 0 aliphatic carbocycles. The first-order valence-corrected chi connectivity index (χ1v) is 5.12. The number of rotatable bonds is 3. The lowest BCUT2D eigenvalue weighted by Gasteiger charge is -2.03. The second-order valence-electron chi connectivity index (χ2n) is 3.06. The maximum absolute atomic E-state index is 5.96. The maximum atomic E-state index is 5.96.